The molecule has 1 aromatic rings. The van der Waals surface area contributed by atoms with E-state index in [9.17, 15) is 4.79 Å². The summed E-state index contributed by atoms with van der Waals surface area (Å²) in [6.07, 6.45) is 4.25. The third kappa shape index (κ3) is 1.24. The van der Waals surface area contributed by atoms with E-state index < -0.39 is 5.97 Å². The summed E-state index contributed by atoms with van der Waals surface area (Å²) in [6, 6.07) is 0. The first-order valence-electron chi connectivity index (χ1n) is 4.63. The monoisotopic (exact) mass is 179 g/mol. The molecule has 1 aliphatic carbocycles. The first kappa shape index (κ1) is 8.35. The number of carboxylic acids is 1. The number of carboxylic acid groups (broad SMARTS) is 1. The molecule has 1 aliphatic rings. The minimum atomic E-state index is -0.828. The minimum absolute atomic E-state index is 0.409. The molecule has 0 saturated carbocycles. The van der Waals surface area contributed by atoms with Crippen LogP contribution in [0.15, 0.2) is 0 Å². The van der Waals surface area contributed by atoms with Gasteiger partial charge in [0.1, 0.15) is 5.69 Å². The molecule has 13 heavy (non-hydrogen) atoms. The SMILES string of the molecule is Cc1[nH]c(C(=O)O)c2c1CCCC2. The van der Waals surface area contributed by atoms with Gasteiger partial charge in [0, 0.05) is 5.69 Å². The van der Waals surface area contributed by atoms with Gasteiger partial charge in [0.15, 0.2) is 0 Å². The lowest BCUT2D eigenvalue weighted by atomic mass is 9.92. The number of H-pyrrole nitrogens is 1. The Balaban J connectivity index is 2.53. The van der Waals surface area contributed by atoms with E-state index in [1.165, 1.54) is 12.0 Å². The average molecular weight is 179 g/mol. The highest BCUT2D eigenvalue weighted by atomic mass is 16.4. The second kappa shape index (κ2) is 2.91. The second-order valence-corrected chi connectivity index (χ2v) is 3.59. The largest absolute Gasteiger partial charge is 0.477 e. The highest BCUT2D eigenvalue weighted by Gasteiger charge is 2.21. The Morgan fingerprint density at radius 1 is 1.31 bits per heavy atom. The fourth-order valence-corrected chi connectivity index (χ4v) is 2.12. The number of nitrogens with one attached hydrogen (secondary N) is 1. The van der Waals surface area contributed by atoms with E-state index >= 15 is 0 Å². The molecule has 1 heterocycles. The molecule has 0 fully saturated rings. The highest BCUT2D eigenvalue weighted by molar-refractivity contribution is 5.88. The van der Waals surface area contributed by atoms with Gasteiger partial charge in [0.05, 0.1) is 0 Å². The molecular formula is C10H13NO2. The summed E-state index contributed by atoms with van der Waals surface area (Å²) in [5.41, 5.74) is 3.72. The molecule has 0 saturated heterocycles. The Kier molecular flexibility index (Phi) is 1.87. The van der Waals surface area contributed by atoms with Gasteiger partial charge in [0.25, 0.3) is 0 Å². The molecule has 2 N–H and O–H groups in total. The fourth-order valence-electron chi connectivity index (χ4n) is 2.12. The van der Waals surface area contributed by atoms with E-state index in [1.54, 1.807) is 0 Å². The zero-order valence-corrected chi connectivity index (χ0v) is 7.68. The van der Waals surface area contributed by atoms with Gasteiger partial charge in [-0.2, -0.15) is 0 Å². The summed E-state index contributed by atoms with van der Waals surface area (Å²) in [7, 11) is 0. The molecule has 0 unspecified atom stereocenters. The van der Waals surface area contributed by atoms with Crippen molar-refractivity contribution in [2.75, 3.05) is 0 Å². The second-order valence-electron chi connectivity index (χ2n) is 3.59. The summed E-state index contributed by atoms with van der Waals surface area (Å²) in [5.74, 6) is -0.828. The van der Waals surface area contributed by atoms with Crippen molar-refractivity contribution < 1.29 is 9.90 Å². The molecule has 1 aromatic heterocycles. The van der Waals surface area contributed by atoms with Crippen LogP contribution in [0.4, 0.5) is 0 Å². The van der Waals surface area contributed by atoms with Crippen molar-refractivity contribution in [3.63, 3.8) is 0 Å². The van der Waals surface area contributed by atoms with Crippen LogP contribution in [-0.2, 0) is 12.8 Å². The lowest BCUT2D eigenvalue weighted by Gasteiger charge is -2.11. The van der Waals surface area contributed by atoms with Gasteiger partial charge in [-0.05, 0) is 43.7 Å². The molecule has 3 nitrogen and oxygen atoms in total. The molecule has 0 bridgehead atoms. The number of hydrogen-bond donors (Lipinski definition) is 2. The molecule has 3 heteroatoms. The first-order chi connectivity index (χ1) is 6.20. The number of aryl methyl sites for hydroxylation is 1. The maximum absolute atomic E-state index is 10.9. The summed E-state index contributed by atoms with van der Waals surface area (Å²) in [4.78, 5) is 13.8. The molecule has 0 aromatic carbocycles. The van der Waals surface area contributed by atoms with Crippen LogP contribution in [-0.4, -0.2) is 16.1 Å². The van der Waals surface area contributed by atoms with Gasteiger partial charge in [-0.15, -0.1) is 0 Å². The Hall–Kier alpha value is -1.25. The molecule has 0 radical (unpaired) electrons. The van der Waals surface area contributed by atoms with E-state index in [4.69, 9.17) is 5.11 Å². The standard InChI is InChI=1S/C10H13NO2/c1-6-7-4-2-3-5-8(7)9(11-6)10(12)13/h11H,2-5H2,1H3,(H,12,13). The zero-order valence-electron chi connectivity index (χ0n) is 7.68. The van der Waals surface area contributed by atoms with Crippen LogP contribution in [0, 0.1) is 6.92 Å². The van der Waals surface area contributed by atoms with E-state index in [-0.39, 0.29) is 0 Å². The Morgan fingerprint density at radius 2 is 1.92 bits per heavy atom. The summed E-state index contributed by atoms with van der Waals surface area (Å²) >= 11 is 0. The number of hydrogen-bond acceptors (Lipinski definition) is 1. The number of aromatic carboxylic acids is 1. The minimum Gasteiger partial charge on any atom is -0.477 e. The number of aromatic nitrogens is 1. The number of carbonyl (C=O) groups is 1. The predicted octanol–water partition coefficient (Wildman–Crippen LogP) is 1.90. The normalized spacial score (nSPS) is 15.5. The fraction of sp³-hybridized carbons (Fsp3) is 0.500. The van der Waals surface area contributed by atoms with Gasteiger partial charge in [-0.1, -0.05) is 0 Å². The van der Waals surface area contributed by atoms with Crippen LogP contribution in [0.1, 0.15) is 40.2 Å². The van der Waals surface area contributed by atoms with Gasteiger partial charge in [0.2, 0.25) is 0 Å². The van der Waals surface area contributed by atoms with Crippen molar-refractivity contribution in [3.8, 4) is 0 Å². The van der Waals surface area contributed by atoms with E-state index in [2.05, 4.69) is 4.98 Å². The molecule has 0 aliphatic heterocycles. The Bertz CT molecular complexity index is 352. The van der Waals surface area contributed by atoms with E-state index in [0.717, 1.165) is 30.5 Å². The average Bonchev–Trinajstić information content (AvgIpc) is 2.45. The Morgan fingerprint density at radius 3 is 2.54 bits per heavy atom. The first-order valence-corrected chi connectivity index (χ1v) is 4.63. The predicted molar refractivity (Wildman–Crippen MR) is 49.1 cm³/mol. The van der Waals surface area contributed by atoms with Crippen molar-refractivity contribution in [1.29, 1.82) is 0 Å². The van der Waals surface area contributed by atoms with Crippen molar-refractivity contribution in [2.24, 2.45) is 0 Å². The molecule has 2 rings (SSSR count). The smallest absolute Gasteiger partial charge is 0.352 e. The lowest BCUT2D eigenvalue weighted by molar-refractivity contribution is 0.0689. The molecule has 0 atom stereocenters. The van der Waals surface area contributed by atoms with E-state index in [1.807, 2.05) is 6.92 Å². The number of fused-ring (bicyclic) bond motifs is 1. The van der Waals surface area contributed by atoms with Crippen molar-refractivity contribution in [2.45, 2.75) is 32.6 Å². The number of rotatable bonds is 1. The van der Waals surface area contributed by atoms with Crippen molar-refractivity contribution >= 4 is 5.97 Å². The van der Waals surface area contributed by atoms with Crippen LogP contribution in [0.3, 0.4) is 0 Å². The third-order valence-corrected chi connectivity index (χ3v) is 2.75. The maximum Gasteiger partial charge on any atom is 0.352 e. The van der Waals surface area contributed by atoms with Gasteiger partial charge >= 0.3 is 5.97 Å². The van der Waals surface area contributed by atoms with Gasteiger partial charge in [-0.3, -0.25) is 0 Å². The maximum atomic E-state index is 10.9. The van der Waals surface area contributed by atoms with Crippen LogP contribution in [0.2, 0.25) is 0 Å². The molecular weight excluding hydrogens is 166 g/mol. The number of aromatic amines is 1. The lowest BCUT2D eigenvalue weighted by Crippen LogP contribution is -2.06. The van der Waals surface area contributed by atoms with E-state index in [0.29, 0.717) is 5.69 Å². The van der Waals surface area contributed by atoms with Crippen LogP contribution in [0.5, 0.6) is 0 Å². The molecule has 70 valence electrons. The summed E-state index contributed by atoms with van der Waals surface area (Å²) in [5, 5.41) is 8.92. The zero-order chi connectivity index (χ0) is 9.42. The van der Waals surface area contributed by atoms with Crippen LogP contribution >= 0.6 is 0 Å². The Labute approximate surface area is 76.8 Å². The summed E-state index contributed by atoms with van der Waals surface area (Å²) in [6.45, 7) is 1.95. The van der Waals surface area contributed by atoms with Crippen molar-refractivity contribution in [1.82, 2.24) is 4.98 Å². The van der Waals surface area contributed by atoms with Crippen molar-refractivity contribution in [3.05, 3.63) is 22.5 Å². The van der Waals surface area contributed by atoms with Gasteiger partial charge < -0.3 is 10.1 Å². The quantitative estimate of drug-likeness (QED) is 0.691. The summed E-state index contributed by atoms with van der Waals surface area (Å²) < 4.78 is 0. The van der Waals surface area contributed by atoms with Crippen LogP contribution < -0.4 is 0 Å². The third-order valence-electron chi connectivity index (χ3n) is 2.75. The van der Waals surface area contributed by atoms with Gasteiger partial charge in [-0.25, -0.2) is 4.79 Å². The van der Waals surface area contributed by atoms with Crippen LogP contribution in [0.25, 0.3) is 0 Å². The molecule has 0 spiro atoms. The molecule has 0 amide bonds. The topological polar surface area (TPSA) is 53.1 Å². The highest BCUT2D eigenvalue weighted by Crippen LogP contribution is 2.27.